The van der Waals surface area contributed by atoms with E-state index in [9.17, 15) is 4.79 Å². The van der Waals surface area contributed by atoms with E-state index in [1.54, 1.807) is 11.3 Å². The van der Waals surface area contributed by atoms with Crippen LogP contribution >= 0.6 is 11.3 Å². The number of anilines is 1. The molecule has 17 heavy (non-hydrogen) atoms. The predicted octanol–water partition coefficient (Wildman–Crippen LogP) is 2.62. The van der Waals surface area contributed by atoms with Crippen LogP contribution in [-0.4, -0.2) is 30.6 Å². The number of carbonyl (C=O) groups is 1. The number of ether oxygens (including phenoxy) is 1. The second-order valence-electron chi connectivity index (χ2n) is 4.43. The summed E-state index contributed by atoms with van der Waals surface area (Å²) in [5, 5.41) is 0.954. The molecule has 1 aromatic heterocycles. The first-order valence-corrected chi connectivity index (χ1v) is 6.77. The lowest BCUT2D eigenvalue weighted by Crippen LogP contribution is -2.37. The summed E-state index contributed by atoms with van der Waals surface area (Å²) < 4.78 is 4.73. The van der Waals surface area contributed by atoms with Crippen LogP contribution in [0.2, 0.25) is 0 Å². The topological polar surface area (TPSA) is 42.4 Å². The van der Waals surface area contributed by atoms with Crippen LogP contribution in [0, 0.1) is 6.92 Å². The van der Waals surface area contributed by atoms with E-state index in [1.165, 1.54) is 26.4 Å². The molecule has 1 saturated heterocycles. The van der Waals surface area contributed by atoms with Crippen molar-refractivity contribution >= 4 is 22.4 Å². The third kappa shape index (κ3) is 2.44. The predicted molar refractivity (Wildman–Crippen MR) is 68.8 cm³/mol. The van der Waals surface area contributed by atoms with Gasteiger partial charge in [0.05, 0.1) is 7.11 Å². The van der Waals surface area contributed by atoms with Crippen LogP contribution in [0.15, 0.2) is 0 Å². The number of thiazole rings is 1. The number of hydrogen-bond donors (Lipinski definition) is 0. The van der Waals surface area contributed by atoms with E-state index in [2.05, 4.69) is 16.8 Å². The molecule has 94 valence electrons. The standard InChI is InChI=1S/C12H18N2O2S/c1-8-6-4-5-7-14(8)12-13-10(9(2)17-12)11(15)16-3/h8H,4-7H2,1-3H3. The Balaban J connectivity index is 2.24. The molecule has 4 nitrogen and oxygen atoms in total. The first kappa shape index (κ1) is 12.4. The van der Waals surface area contributed by atoms with Crippen molar-refractivity contribution in [2.24, 2.45) is 0 Å². The second kappa shape index (κ2) is 5.04. The minimum Gasteiger partial charge on any atom is -0.464 e. The normalized spacial score (nSPS) is 20.4. The summed E-state index contributed by atoms with van der Waals surface area (Å²) in [7, 11) is 1.39. The lowest BCUT2D eigenvalue weighted by Gasteiger charge is -2.33. The molecule has 1 aliphatic heterocycles. The highest BCUT2D eigenvalue weighted by molar-refractivity contribution is 7.15. The largest absolute Gasteiger partial charge is 0.464 e. The number of aromatic nitrogens is 1. The molecule has 1 unspecified atom stereocenters. The summed E-state index contributed by atoms with van der Waals surface area (Å²) in [6, 6.07) is 0.514. The minimum absolute atomic E-state index is 0.338. The Morgan fingerprint density at radius 2 is 2.29 bits per heavy atom. The highest BCUT2D eigenvalue weighted by Gasteiger charge is 2.24. The molecule has 1 atom stereocenters. The van der Waals surface area contributed by atoms with Gasteiger partial charge in [0.2, 0.25) is 0 Å². The summed E-state index contributed by atoms with van der Waals surface area (Å²) in [6.45, 7) is 5.17. The summed E-state index contributed by atoms with van der Waals surface area (Å²) in [6.07, 6.45) is 3.69. The maximum Gasteiger partial charge on any atom is 0.357 e. The molecule has 2 rings (SSSR count). The summed E-state index contributed by atoms with van der Waals surface area (Å²) in [4.78, 5) is 19.2. The molecule has 0 aliphatic carbocycles. The third-order valence-corrected chi connectivity index (χ3v) is 4.22. The molecule has 1 aromatic rings. The molecule has 0 spiro atoms. The van der Waals surface area contributed by atoms with Gasteiger partial charge in [-0.2, -0.15) is 0 Å². The van der Waals surface area contributed by atoms with Gasteiger partial charge in [0.25, 0.3) is 0 Å². The number of esters is 1. The van der Waals surface area contributed by atoms with Gasteiger partial charge in [0, 0.05) is 17.5 Å². The molecular weight excluding hydrogens is 236 g/mol. The number of aryl methyl sites for hydroxylation is 1. The molecule has 1 aliphatic rings. The van der Waals surface area contributed by atoms with Gasteiger partial charge < -0.3 is 9.64 Å². The van der Waals surface area contributed by atoms with Gasteiger partial charge in [-0.3, -0.25) is 0 Å². The zero-order chi connectivity index (χ0) is 12.4. The van der Waals surface area contributed by atoms with E-state index in [0.717, 1.165) is 16.6 Å². The monoisotopic (exact) mass is 254 g/mol. The van der Waals surface area contributed by atoms with Crippen molar-refractivity contribution in [1.82, 2.24) is 4.98 Å². The van der Waals surface area contributed by atoms with Gasteiger partial charge in [-0.15, -0.1) is 11.3 Å². The fraction of sp³-hybridized carbons (Fsp3) is 0.667. The SMILES string of the molecule is COC(=O)c1nc(N2CCCCC2C)sc1C. The smallest absolute Gasteiger partial charge is 0.357 e. The Bertz CT molecular complexity index is 417. The summed E-state index contributed by atoms with van der Waals surface area (Å²) >= 11 is 1.58. The Morgan fingerprint density at radius 3 is 2.94 bits per heavy atom. The molecule has 0 bridgehead atoms. The quantitative estimate of drug-likeness (QED) is 0.761. The first-order valence-electron chi connectivity index (χ1n) is 5.96. The van der Waals surface area contributed by atoms with Crippen LogP contribution < -0.4 is 4.90 Å². The van der Waals surface area contributed by atoms with Gasteiger partial charge in [-0.25, -0.2) is 9.78 Å². The molecule has 2 heterocycles. The molecule has 1 fully saturated rings. The molecule has 0 aromatic carbocycles. The van der Waals surface area contributed by atoms with Crippen LogP contribution in [0.4, 0.5) is 5.13 Å². The van der Waals surface area contributed by atoms with Crippen molar-refractivity contribution in [3.05, 3.63) is 10.6 Å². The molecule has 0 saturated carbocycles. The molecule has 0 radical (unpaired) electrons. The Morgan fingerprint density at radius 1 is 1.53 bits per heavy atom. The van der Waals surface area contributed by atoms with Crippen LogP contribution in [0.1, 0.15) is 41.6 Å². The molecule has 5 heteroatoms. The average Bonchev–Trinajstić information content (AvgIpc) is 2.71. The van der Waals surface area contributed by atoms with Crippen molar-refractivity contribution in [3.8, 4) is 0 Å². The zero-order valence-corrected chi connectivity index (χ0v) is 11.3. The van der Waals surface area contributed by atoms with Crippen molar-refractivity contribution < 1.29 is 9.53 Å². The van der Waals surface area contributed by atoms with Crippen molar-refractivity contribution in [1.29, 1.82) is 0 Å². The van der Waals surface area contributed by atoms with Crippen LogP contribution in [0.25, 0.3) is 0 Å². The number of methoxy groups -OCH3 is 1. The van der Waals surface area contributed by atoms with Gasteiger partial charge in [-0.05, 0) is 33.1 Å². The Labute approximate surface area is 106 Å². The number of piperidine rings is 1. The van der Waals surface area contributed by atoms with Crippen LogP contribution in [0.5, 0.6) is 0 Å². The zero-order valence-electron chi connectivity index (χ0n) is 10.5. The van der Waals surface area contributed by atoms with Gasteiger partial charge in [0.1, 0.15) is 0 Å². The van der Waals surface area contributed by atoms with Crippen LogP contribution in [-0.2, 0) is 4.74 Å². The van der Waals surface area contributed by atoms with E-state index in [1.807, 2.05) is 6.92 Å². The van der Waals surface area contributed by atoms with E-state index in [-0.39, 0.29) is 5.97 Å². The van der Waals surface area contributed by atoms with E-state index >= 15 is 0 Å². The first-order chi connectivity index (χ1) is 8.13. The van der Waals surface area contributed by atoms with E-state index in [0.29, 0.717) is 11.7 Å². The maximum absolute atomic E-state index is 11.5. The number of nitrogens with zero attached hydrogens (tertiary/aromatic N) is 2. The summed E-state index contributed by atoms with van der Waals surface area (Å²) in [5.74, 6) is -0.338. The number of hydrogen-bond acceptors (Lipinski definition) is 5. The number of rotatable bonds is 2. The van der Waals surface area contributed by atoms with Gasteiger partial charge in [-0.1, -0.05) is 0 Å². The van der Waals surface area contributed by atoms with Crippen molar-refractivity contribution in [2.75, 3.05) is 18.6 Å². The summed E-state index contributed by atoms with van der Waals surface area (Å²) in [5.41, 5.74) is 0.463. The highest BCUT2D eigenvalue weighted by Crippen LogP contribution is 2.30. The molecular formula is C12H18N2O2S. The second-order valence-corrected chi connectivity index (χ2v) is 5.61. The van der Waals surface area contributed by atoms with Gasteiger partial charge in [0.15, 0.2) is 10.8 Å². The highest BCUT2D eigenvalue weighted by atomic mass is 32.1. The molecule has 0 amide bonds. The van der Waals surface area contributed by atoms with E-state index in [4.69, 9.17) is 4.74 Å². The Kier molecular flexibility index (Phi) is 3.66. The number of carbonyl (C=O) groups excluding carboxylic acids is 1. The van der Waals surface area contributed by atoms with Crippen molar-refractivity contribution in [2.45, 2.75) is 39.2 Å². The lowest BCUT2D eigenvalue weighted by molar-refractivity contribution is 0.0594. The lowest BCUT2D eigenvalue weighted by atomic mass is 10.1. The molecule has 0 N–H and O–H groups in total. The fourth-order valence-electron chi connectivity index (χ4n) is 2.17. The Hall–Kier alpha value is -1.10. The van der Waals surface area contributed by atoms with E-state index < -0.39 is 0 Å². The van der Waals surface area contributed by atoms with Gasteiger partial charge >= 0.3 is 5.97 Å². The van der Waals surface area contributed by atoms with Crippen LogP contribution in [0.3, 0.4) is 0 Å². The minimum atomic E-state index is -0.338. The fourth-order valence-corrected chi connectivity index (χ4v) is 3.20. The van der Waals surface area contributed by atoms with Crippen molar-refractivity contribution in [3.63, 3.8) is 0 Å². The maximum atomic E-state index is 11.5. The third-order valence-electron chi connectivity index (χ3n) is 3.21. The average molecular weight is 254 g/mol.